The predicted molar refractivity (Wildman–Crippen MR) is 136 cm³/mol. The number of hydrogen-bond acceptors (Lipinski definition) is 7. The summed E-state index contributed by atoms with van der Waals surface area (Å²) in [7, 11) is 3.23. The number of piperazine rings is 1. The number of nitrogens with one attached hydrogen (secondary N) is 2. The van der Waals surface area contributed by atoms with Crippen LogP contribution in [0.25, 0.3) is 0 Å². The fraction of sp³-hybridized carbons (Fsp3) is 0.333. The summed E-state index contributed by atoms with van der Waals surface area (Å²) in [5, 5.41) is 5.44. The summed E-state index contributed by atoms with van der Waals surface area (Å²) < 4.78 is 16.2. The number of carbonyl (C=O) groups excluding carboxylic acids is 2. The fourth-order valence-corrected chi connectivity index (χ4v) is 4.35. The summed E-state index contributed by atoms with van der Waals surface area (Å²) in [4.78, 5) is 29.6. The van der Waals surface area contributed by atoms with Gasteiger partial charge in [0.05, 0.1) is 26.5 Å². The number of ether oxygens (including phenoxy) is 2. The molecule has 1 aromatic heterocycles. The van der Waals surface area contributed by atoms with Crippen LogP contribution in [0.15, 0.2) is 71.3 Å². The Kier molecular flexibility index (Phi) is 8.46. The van der Waals surface area contributed by atoms with E-state index >= 15 is 0 Å². The second kappa shape index (κ2) is 12.1. The molecule has 9 heteroatoms. The minimum atomic E-state index is -0.691. The fourth-order valence-electron chi connectivity index (χ4n) is 4.35. The van der Waals surface area contributed by atoms with E-state index in [4.69, 9.17) is 13.9 Å². The molecule has 1 fully saturated rings. The average Bonchev–Trinajstić information content (AvgIpc) is 3.47. The van der Waals surface area contributed by atoms with Gasteiger partial charge in [-0.25, -0.2) is 0 Å². The number of hydrogen-bond donors (Lipinski definition) is 2. The molecule has 3 aromatic rings. The highest BCUT2D eigenvalue weighted by molar-refractivity contribution is 6.35. The number of methoxy groups -OCH3 is 2. The molecule has 1 atom stereocenters. The van der Waals surface area contributed by atoms with E-state index in [0.29, 0.717) is 5.75 Å². The van der Waals surface area contributed by atoms with Gasteiger partial charge in [-0.15, -0.1) is 0 Å². The molecule has 1 aliphatic rings. The van der Waals surface area contributed by atoms with Gasteiger partial charge in [0.1, 0.15) is 17.3 Å². The van der Waals surface area contributed by atoms with Crippen molar-refractivity contribution in [3.63, 3.8) is 0 Å². The van der Waals surface area contributed by atoms with Crippen LogP contribution in [-0.2, 0) is 16.1 Å². The molecule has 9 nitrogen and oxygen atoms in total. The van der Waals surface area contributed by atoms with Crippen LogP contribution in [-0.4, -0.2) is 63.7 Å². The van der Waals surface area contributed by atoms with Crippen molar-refractivity contribution in [1.29, 1.82) is 0 Å². The second-order valence-electron chi connectivity index (χ2n) is 8.46. The van der Waals surface area contributed by atoms with Crippen molar-refractivity contribution < 1.29 is 23.5 Å². The standard InChI is InChI=1S/C27H32N4O5/c1-34-22-11-9-21(10-12-22)30-13-15-31(16-14-30)23(25-8-5-17-36-25)19-29-27(33)26(32)28-18-20-6-3-4-7-24(20)35-2/h3-12,17,23H,13-16,18-19H2,1-2H3,(H,28,32)(H,29,33). The first kappa shape index (κ1) is 25.1. The Hall–Kier alpha value is -3.98. The largest absolute Gasteiger partial charge is 0.497 e. The lowest BCUT2D eigenvalue weighted by Crippen LogP contribution is -2.50. The Labute approximate surface area is 211 Å². The maximum atomic E-state index is 12.5. The third kappa shape index (κ3) is 6.17. The Morgan fingerprint density at radius 1 is 0.889 bits per heavy atom. The summed E-state index contributed by atoms with van der Waals surface area (Å²) in [6.45, 7) is 3.69. The molecule has 36 heavy (non-hydrogen) atoms. The molecular formula is C27H32N4O5. The highest BCUT2D eigenvalue weighted by Crippen LogP contribution is 2.25. The Bertz CT molecular complexity index is 1130. The minimum absolute atomic E-state index is 0.177. The van der Waals surface area contributed by atoms with Gasteiger partial charge in [-0.2, -0.15) is 0 Å². The maximum absolute atomic E-state index is 12.5. The molecule has 0 radical (unpaired) electrons. The number of amides is 2. The maximum Gasteiger partial charge on any atom is 0.309 e. The Balaban J connectivity index is 1.32. The quantitative estimate of drug-likeness (QED) is 0.443. The van der Waals surface area contributed by atoms with E-state index in [2.05, 4.69) is 32.6 Å². The molecule has 4 rings (SSSR count). The zero-order chi connectivity index (χ0) is 25.3. The number of nitrogens with zero attached hydrogens (tertiary/aromatic N) is 2. The van der Waals surface area contributed by atoms with Gasteiger partial charge in [0.25, 0.3) is 0 Å². The third-order valence-corrected chi connectivity index (χ3v) is 6.36. The molecule has 0 bridgehead atoms. The van der Waals surface area contributed by atoms with Crippen LogP contribution in [0, 0.1) is 0 Å². The van der Waals surface area contributed by atoms with Crippen molar-refractivity contribution in [2.24, 2.45) is 0 Å². The number of benzene rings is 2. The lowest BCUT2D eigenvalue weighted by Gasteiger charge is -2.39. The first-order valence-corrected chi connectivity index (χ1v) is 11.9. The molecular weight excluding hydrogens is 460 g/mol. The zero-order valence-electron chi connectivity index (χ0n) is 20.6. The molecule has 2 N–H and O–H groups in total. The number of rotatable bonds is 9. The van der Waals surface area contributed by atoms with E-state index in [1.807, 2.05) is 48.5 Å². The first-order valence-electron chi connectivity index (χ1n) is 11.9. The molecule has 2 heterocycles. The van der Waals surface area contributed by atoms with Crippen LogP contribution in [0.5, 0.6) is 11.5 Å². The lowest BCUT2D eigenvalue weighted by molar-refractivity contribution is -0.139. The summed E-state index contributed by atoms with van der Waals surface area (Å²) in [5.74, 6) is 0.868. The second-order valence-corrected chi connectivity index (χ2v) is 8.46. The highest BCUT2D eigenvalue weighted by atomic mass is 16.5. The highest BCUT2D eigenvalue weighted by Gasteiger charge is 2.28. The molecule has 0 aliphatic carbocycles. The normalized spacial score (nSPS) is 14.7. The van der Waals surface area contributed by atoms with E-state index < -0.39 is 11.8 Å². The SMILES string of the molecule is COc1ccc(N2CCN(C(CNC(=O)C(=O)NCc3ccccc3OC)c3ccco3)CC2)cc1. The van der Waals surface area contributed by atoms with Crippen LogP contribution in [0.4, 0.5) is 5.69 Å². The molecule has 1 unspecified atom stereocenters. The Morgan fingerprint density at radius 2 is 1.61 bits per heavy atom. The third-order valence-electron chi connectivity index (χ3n) is 6.36. The van der Waals surface area contributed by atoms with Crippen molar-refractivity contribution in [3.8, 4) is 11.5 Å². The van der Waals surface area contributed by atoms with Crippen molar-refractivity contribution >= 4 is 17.5 Å². The smallest absolute Gasteiger partial charge is 0.309 e. The van der Waals surface area contributed by atoms with Crippen molar-refractivity contribution in [2.45, 2.75) is 12.6 Å². The van der Waals surface area contributed by atoms with Gasteiger partial charge in [0.2, 0.25) is 0 Å². The van der Waals surface area contributed by atoms with Crippen LogP contribution >= 0.6 is 0 Å². The number of anilines is 1. The Morgan fingerprint density at radius 3 is 2.28 bits per heavy atom. The van der Waals surface area contributed by atoms with Crippen molar-refractivity contribution in [3.05, 3.63) is 78.3 Å². The van der Waals surface area contributed by atoms with Crippen LogP contribution < -0.4 is 25.0 Å². The summed E-state index contributed by atoms with van der Waals surface area (Å²) in [5.41, 5.74) is 1.94. The van der Waals surface area contributed by atoms with Crippen molar-refractivity contribution in [1.82, 2.24) is 15.5 Å². The van der Waals surface area contributed by atoms with Gasteiger partial charge in [0, 0.05) is 50.5 Å². The average molecular weight is 493 g/mol. The molecule has 2 aromatic carbocycles. The van der Waals surface area contributed by atoms with E-state index in [1.54, 1.807) is 20.5 Å². The predicted octanol–water partition coefficient (Wildman–Crippen LogP) is 2.59. The topological polar surface area (TPSA) is 96.3 Å². The van der Waals surface area contributed by atoms with E-state index in [0.717, 1.165) is 48.9 Å². The van der Waals surface area contributed by atoms with Gasteiger partial charge in [-0.1, -0.05) is 18.2 Å². The molecule has 190 valence electrons. The molecule has 0 spiro atoms. The number of furan rings is 1. The van der Waals surface area contributed by atoms with Gasteiger partial charge < -0.3 is 29.4 Å². The summed E-state index contributed by atoms with van der Waals surface area (Å²) >= 11 is 0. The van der Waals surface area contributed by atoms with Gasteiger partial charge in [-0.05, 0) is 42.5 Å². The summed E-state index contributed by atoms with van der Waals surface area (Å²) in [6, 6.07) is 18.9. The van der Waals surface area contributed by atoms with Gasteiger partial charge in [-0.3, -0.25) is 14.5 Å². The van der Waals surface area contributed by atoms with Crippen LogP contribution in [0.3, 0.4) is 0 Å². The van der Waals surface area contributed by atoms with Crippen LogP contribution in [0.1, 0.15) is 17.4 Å². The molecule has 1 aliphatic heterocycles. The monoisotopic (exact) mass is 492 g/mol. The van der Waals surface area contributed by atoms with Crippen LogP contribution in [0.2, 0.25) is 0 Å². The first-order chi connectivity index (χ1) is 17.6. The summed E-state index contributed by atoms with van der Waals surface area (Å²) in [6.07, 6.45) is 1.62. The zero-order valence-corrected chi connectivity index (χ0v) is 20.6. The van der Waals surface area contributed by atoms with Gasteiger partial charge >= 0.3 is 11.8 Å². The molecule has 2 amide bonds. The lowest BCUT2D eigenvalue weighted by atomic mass is 10.1. The number of para-hydroxylation sites is 1. The minimum Gasteiger partial charge on any atom is -0.497 e. The van der Waals surface area contributed by atoms with E-state index in [9.17, 15) is 9.59 Å². The van der Waals surface area contributed by atoms with Gasteiger partial charge in [0.15, 0.2) is 0 Å². The molecule has 1 saturated heterocycles. The van der Waals surface area contributed by atoms with Crippen molar-refractivity contribution in [2.75, 3.05) is 51.8 Å². The molecule has 0 saturated carbocycles. The van der Waals surface area contributed by atoms with E-state index in [1.165, 1.54) is 0 Å². The van der Waals surface area contributed by atoms with E-state index in [-0.39, 0.29) is 19.1 Å². The number of carbonyl (C=O) groups is 2.